The molecule has 0 radical (unpaired) electrons. The fraction of sp³-hybridized carbons (Fsp3) is 0.944. The zero-order valence-electron chi connectivity index (χ0n) is 16.2. The Labute approximate surface area is 146 Å². The van der Waals surface area contributed by atoms with Crippen LogP contribution in [0.25, 0.3) is 0 Å². The molecule has 4 unspecified atom stereocenters. The van der Waals surface area contributed by atoms with Crippen LogP contribution in [0.5, 0.6) is 0 Å². The first-order chi connectivity index (χ1) is 11.2. The van der Waals surface area contributed by atoms with Crippen LogP contribution < -0.4 is 0 Å². The lowest BCUT2D eigenvalue weighted by atomic mass is 9.89. The van der Waals surface area contributed by atoms with Crippen molar-refractivity contribution in [3.05, 3.63) is 0 Å². The van der Waals surface area contributed by atoms with Gasteiger partial charge in [0.1, 0.15) is 6.10 Å². The molecule has 0 spiro atoms. The Morgan fingerprint density at radius 3 is 1.75 bits per heavy atom. The largest absolute Gasteiger partial charge is 0.462 e. The van der Waals surface area contributed by atoms with Gasteiger partial charge in [-0.15, -0.1) is 0 Å². The highest BCUT2D eigenvalue weighted by molar-refractivity contribution is 5.76. The van der Waals surface area contributed by atoms with Crippen LogP contribution >= 0.6 is 0 Å². The quantitative estimate of drug-likeness (QED) is 0.472. The zero-order chi connectivity index (χ0) is 18.3. The van der Waals surface area contributed by atoms with Crippen LogP contribution in [0.2, 0.25) is 0 Å². The number of hydrogen-bond donors (Lipinski definition) is 0. The second-order valence-corrected chi connectivity index (χ2v) is 7.09. The SMILES string of the molecule is CCC(C)(C)C(=O)OC1CC(OC(C)OC)CC(OC(C)OC)C1. The maximum atomic E-state index is 12.4. The number of methoxy groups -OCH3 is 2. The van der Waals surface area contributed by atoms with Crippen molar-refractivity contribution >= 4 is 5.97 Å². The van der Waals surface area contributed by atoms with Crippen molar-refractivity contribution in [1.82, 2.24) is 0 Å². The summed E-state index contributed by atoms with van der Waals surface area (Å²) in [5.74, 6) is -0.172. The molecule has 6 nitrogen and oxygen atoms in total. The molecule has 1 aliphatic rings. The van der Waals surface area contributed by atoms with Gasteiger partial charge in [0.15, 0.2) is 12.6 Å². The van der Waals surface area contributed by atoms with E-state index in [4.69, 9.17) is 23.7 Å². The molecule has 0 aromatic rings. The van der Waals surface area contributed by atoms with E-state index in [1.165, 1.54) is 0 Å². The summed E-state index contributed by atoms with van der Waals surface area (Å²) in [5, 5.41) is 0. The van der Waals surface area contributed by atoms with Crippen molar-refractivity contribution in [3.8, 4) is 0 Å². The van der Waals surface area contributed by atoms with Crippen LogP contribution in [-0.4, -0.2) is 51.1 Å². The molecule has 0 heterocycles. The molecule has 0 aliphatic heterocycles. The first-order valence-corrected chi connectivity index (χ1v) is 8.79. The first-order valence-electron chi connectivity index (χ1n) is 8.79. The van der Waals surface area contributed by atoms with Crippen molar-refractivity contribution in [3.63, 3.8) is 0 Å². The van der Waals surface area contributed by atoms with E-state index in [-0.39, 0.29) is 36.9 Å². The van der Waals surface area contributed by atoms with Crippen molar-refractivity contribution in [2.75, 3.05) is 14.2 Å². The maximum absolute atomic E-state index is 12.4. The molecule has 1 fully saturated rings. The van der Waals surface area contributed by atoms with Crippen LogP contribution in [0.1, 0.15) is 60.3 Å². The summed E-state index contributed by atoms with van der Waals surface area (Å²) in [6.07, 6.45) is 1.78. The van der Waals surface area contributed by atoms with Crippen LogP contribution in [0, 0.1) is 5.41 Å². The summed E-state index contributed by atoms with van der Waals surface area (Å²) in [4.78, 5) is 12.4. The Kier molecular flexibility index (Phi) is 8.63. The molecule has 6 heteroatoms. The van der Waals surface area contributed by atoms with Crippen LogP contribution in [0.15, 0.2) is 0 Å². The number of esters is 1. The lowest BCUT2D eigenvalue weighted by molar-refractivity contribution is -0.208. The van der Waals surface area contributed by atoms with Gasteiger partial charge >= 0.3 is 5.97 Å². The Balaban J connectivity index is 2.72. The topological polar surface area (TPSA) is 63.2 Å². The summed E-state index contributed by atoms with van der Waals surface area (Å²) < 4.78 is 27.9. The Morgan fingerprint density at radius 1 is 0.958 bits per heavy atom. The predicted molar refractivity (Wildman–Crippen MR) is 90.5 cm³/mol. The Bertz CT molecular complexity index is 364. The van der Waals surface area contributed by atoms with Crippen molar-refractivity contribution in [2.24, 2.45) is 5.41 Å². The molecule has 1 saturated carbocycles. The highest BCUT2D eigenvalue weighted by Gasteiger charge is 2.36. The summed E-state index contributed by atoms with van der Waals surface area (Å²) in [6, 6.07) is 0. The minimum Gasteiger partial charge on any atom is -0.462 e. The molecule has 24 heavy (non-hydrogen) atoms. The van der Waals surface area contributed by atoms with Crippen molar-refractivity contribution in [2.45, 2.75) is 91.2 Å². The number of hydrogen-bond acceptors (Lipinski definition) is 6. The molecule has 1 aliphatic carbocycles. The van der Waals surface area contributed by atoms with Gasteiger partial charge in [-0.05, 0) is 34.1 Å². The third-order valence-electron chi connectivity index (χ3n) is 4.72. The van der Waals surface area contributed by atoms with Gasteiger partial charge < -0.3 is 23.7 Å². The average Bonchev–Trinajstić information content (AvgIpc) is 2.54. The third kappa shape index (κ3) is 6.67. The van der Waals surface area contributed by atoms with Gasteiger partial charge in [-0.25, -0.2) is 0 Å². The number of ether oxygens (including phenoxy) is 5. The minimum absolute atomic E-state index is 0.0784. The standard InChI is InChI=1S/C18H34O6/c1-8-18(4,5)17(19)24-16-10-14(22-12(2)20-6)9-15(11-16)23-13(3)21-7/h12-16H,8-11H2,1-7H3. The number of carbonyl (C=O) groups is 1. The van der Waals surface area contributed by atoms with Gasteiger partial charge in [-0.3, -0.25) is 4.79 Å². The zero-order valence-corrected chi connectivity index (χ0v) is 16.2. The molecule has 0 aromatic heterocycles. The molecular weight excluding hydrogens is 312 g/mol. The van der Waals surface area contributed by atoms with Crippen LogP contribution in [0.4, 0.5) is 0 Å². The third-order valence-corrected chi connectivity index (χ3v) is 4.72. The monoisotopic (exact) mass is 346 g/mol. The molecular formula is C18H34O6. The van der Waals surface area contributed by atoms with E-state index in [0.717, 1.165) is 12.8 Å². The van der Waals surface area contributed by atoms with Gasteiger partial charge in [0, 0.05) is 33.5 Å². The smallest absolute Gasteiger partial charge is 0.311 e. The van der Waals surface area contributed by atoms with E-state index in [0.29, 0.717) is 12.8 Å². The minimum atomic E-state index is -0.482. The fourth-order valence-electron chi connectivity index (χ4n) is 2.60. The van der Waals surface area contributed by atoms with Crippen molar-refractivity contribution in [1.29, 1.82) is 0 Å². The molecule has 1 rings (SSSR count). The average molecular weight is 346 g/mol. The van der Waals surface area contributed by atoms with E-state index in [1.807, 2.05) is 34.6 Å². The van der Waals surface area contributed by atoms with E-state index in [9.17, 15) is 4.79 Å². The summed E-state index contributed by atoms with van der Waals surface area (Å²) in [5.41, 5.74) is -0.482. The highest BCUT2D eigenvalue weighted by Crippen LogP contribution is 2.30. The summed E-state index contributed by atoms with van der Waals surface area (Å²) in [7, 11) is 3.21. The normalized spacial score (nSPS) is 27.5. The van der Waals surface area contributed by atoms with Gasteiger partial charge in [-0.2, -0.15) is 0 Å². The summed E-state index contributed by atoms with van der Waals surface area (Å²) >= 11 is 0. The highest BCUT2D eigenvalue weighted by atomic mass is 16.7. The van der Waals surface area contributed by atoms with E-state index >= 15 is 0 Å². The molecule has 4 atom stereocenters. The Hall–Kier alpha value is -0.690. The Morgan fingerprint density at radius 2 is 1.38 bits per heavy atom. The van der Waals surface area contributed by atoms with E-state index in [2.05, 4.69) is 0 Å². The van der Waals surface area contributed by atoms with Gasteiger partial charge in [0.05, 0.1) is 17.6 Å². The van der Waals surface area contributed by atoms with Gasteiger partial charge in [0.2, 0.25) is 0 Å². The molecule has 142 valence electrons. The van der Waals surface area contributed by atoms with Crippen LogP contribution in [0.3, 0.4) is 0 Å². The molecule has 0 N–H and O–H groups in total. The first kappa shape index (κ1) is 21.4. The van der Waals surface area contributed by atoms with Crippen molar-refractivity contribution < 1.29 is 28.5 Å². The van der Waals surface area contributed by atoms with Gasteiger partial charge in [0.25, 0.3) is 0 Å². The number of carbonyl (C=O) groups excluding carboxylic acids is 1. The van der Waals surface area contributed by atoms with Crippen LogP contribution in [-0.2, 0) is 28.5 Å². The lowest BCUT2D eigenvalue weighted by Crippen LogP contribution is -2.42. The van der Waals surface area contributed by atoms with Gasteiger partial charge in [-0.1, -0.05) is 6.92 Å². The van der Waals surface area contributed by atoms with E-state index in [1.54, 1.807) is 14.2 Å². The maximum Gasteiger partial charge on any atom is 0.311 e. The summed E-state index contributed by atoms with van der Waals surface area (Å²) in [6.45, 7) is 9.49. The second kappa shape index (κ2) is 9.70. The molecule has 0 amide bonds. The lowest BCUT2D eigenvalue weighted by Gasteiger charge is -2.37. The predicted octanol–water partition coefficient (Wildman–Crippen LogP) is 3.27. The second-order valence-electron chi connectivity index (χ2n) is 7.09. The fourth-order valence-corrected chi connectivity index (χ4v) is 2.60. The molecule has 0 saturated heterocycles. The molecule has 0 bridgehead atoms. The van der Waals surface area contributed by atoms with E-state index < -0.39 is 5.41 Å². The molecule has 0 aromatic carbocycles. The number of rotatable bonds is 9.